The molecule has 0 saturated carbocycles. The topological polar surface area (TPSA) is 45.7 Å². The summed E-state index contributed by atoms with van der Waals surface area (Å²) in [6, 6.07) is 14.8. The highest BCUT2D eigenvalue weighted by Crippen LogP contribution is 2.24. The molecule has 0 radical (unpaired) electrons. The van der Waals surface area contributed by atoms with Crippen LogP contribution < -0.4 is 15.4 Å². The summed E-state index contributed by atoms with van der Waals surface area (Å²) < 4.78 is 5.90. The molecule has 1 unspecified atom stereocenters. The van der Waals surface area contributed by atoms with Gasteiger partial charge >= 0.3 is 0 Å². The zero-order valence-electron chi connectivity index (χ0n) is 14.0. The number of guanidine groups is 1. The molecule has 0 bridgehead atoms. The van der Waals surface area contributed by atoms with Gasteiger partial charge in [0.1, 0.15) is 12.4 Å². The number of nitrogens with zero attached hydrogens (tertiary/aromatic N) is 1. The highest BCUT2D eigenvalue weighted by Gasteiger charge is 2.03. The van der Waals surface area contributed by atoms with E-state index in [0.717, 1.165) is 23.5 Å². The number of halogens is 1. The molecule has 2 N–H and O–H groups in total. The Hall–Kier alpha value is -1.50. The summed E-state index contributed by atoms with van der Waals surface area (Å²) in [6.07, 6.45) is 1.06. The average molecular weight is 427 g/mol. The number of rotatable bonds is 6. The van der Waals surface area contributed by atoms with Gasteiger partial charge < -0.3 is 15.4 Å². The van der Waals surface area contributed by atoms with Crippen LogP contribution in [0.3, 0.4) is 0 Å². The number of hydrogen-bond donors (Lipinski definition) is 2. The molecule has 5 heteroatoms. The number of benzene rings is 2. The van der Waals surface area contributed by atoms with Crippen LogP contribution in [0.15, 0.2) is 47.5 Å². The maximum atomic E-state index is 5.90. The minimum Gasteiger partial charge on any atom is -0.491 e. The molecule has 0 amide bonds. The third kappa shape index (κ3) is 5.89. The molecule has 0 aliphatic rings. The molecule has 2 rings (SSSR count). The fourth-order valence-electron chi connectivity index (χ4n) is 2.18. The molecule has 2 aromatic carbocycles. The Morgan fingerprint density at radius 1 is 1.17 bits per heavy atom. The SMILES string of the molecule is CCC(C)NC(=NC)NCCOc1cccc2ccccc12.I. The zero-order chi connectivity index (χ0) is 15.8. The molecule has 4 nitrogen and oxygen atoms in total. The number of hydrogen-bond acceptors (Lipinski definition) is 2. The highest BCUT2D eigenvalue weighted by atomic mass is 127. The lowest BCUT2D eigenvalue weighted by atomic mass is 10.1. The van der Waals surface area contributed by atoms with Gasteiger partial charge in [-0.3, -0.25) is 4.99 Å². The fraction of sp³-hybridized carbons (Fsp3) is 0.389. The minimum atomic E-state index is 0. The van der Waals surface area contributed by atoms with Crippen LogP contribution in [0.5, 0.6) is 5.75 Å². The summed E-state index contributed by atoms with van der Waals surface area (Å²) in [7, 11) is 1.78. The van der Waals surface area contributed by atoms with Gasteiger partial charge in [0.15, 0.2) is 5.96 Å². The first-order valence-corrected chi connectivity index (χ1v) is 7.82. The van der Waals surface area contributed by atoms with E-state index < -0.39 is 0 Å². The van der Waals surface area contributed by atoms with Crippen molar-refractivity contribution >= 4 is 40.7 Å². The third-order valence-corrected chi connectivity index (χ3v) is 3.62. The van der Waals surface area contributed by atoms with Gasteiger partial charge in [-0.05, 0) is 24.8 Å². The fourth-order valence-corrected chi connectivity index (χ4v) is 2.18. The van der Waals surface area contributed by atoms with Crippen LogP contribution in [0.4, 0.5) is 0 Å². The zero-order valence-corrected chi connectivity index (χ0v) is 16.3. The average Bonchev–Trinajstić information content (AvgIpc) is 2.57. The maximum absolute atomic E-state index is 5.90. The summed E-state index contributed by atoms with van der Waals surface area (Å²) in [5.74, 6) is 1.74. The Labute approximate surface area is 155 Å². The second-order valence-electron chi connectivity index (χ2n) is 5.28. The molecule has 1 atom stereocenters. The predicted octanol–water partition coefficient (Wildman–Crippen LogP) is 3.80. The first kappa shape index (κ1) is 19.5. The molecule has 126 valence electrons. The summed E-state index contributed by atoms with van der Waals surface area (Å²) in [4.78, 5) is 4.21. The van der Waals surface area contributed by atoms with Crippen molar-refractivity contribution < 1.29 is 4.74 Å². The quantitative estimate of drug-likeness (QED) is 0.319. The van der Waals surface area contributed by atoms with E-state index in [2.05, 4.69) is 47.7 Å². The largest absolute Gasteiger partial charge is 0.491 e. The van der Waals surface area contributed by atoms with Gasteiger partial charge in [0, 0.05) is 18.5 Å². The lowest BCUT2D eigenvalue weighted by Crippen LogP contribution is -2.43. The second kappa shape index (κ2) is 10.3. The van der Waals surface area contributed by atoms with Crippen molar-refractivity contribution in [2.75, 3.05) is 20.2 Å². The van der Waals surface area contributed by atoms with E-state index in [4.69, 9.17) is 4.74 Å². The monoisotopic (exact) mass is 427 g/mol. The van der Waals surface area contributed by atoms with Gasteiger partial charge in [0.25, 0.3) is 0 Å². The van der Waals surface area contributed by atoms with Crippen LogP contribution in [0.25, 0.3) is 10.8 Å². The lowest BCUT2D eigenvalue weighted by Gasteiger charge is -2.16. The lowest BCUT2D eigenvalue weighted by molar-refractivity contribution is 0.325. The van der Waals surface area contributed by atoms with E-state index in [1.807, 2.05) is 24.3 Å². The molecule has 0 aliphatic heterocycles. The number of ether oxygens (including phenoxy) is 1. The number of nitrogens with one attached hydrogen (secondary N) is 2. The molecule has 0 aromatic heterocycles. The first-order valence-electron chi connectivity index (χ1n) is 7.82. The van der Waals surface area contributed by atoms with E-state index in [0.29, 0.717) is 19.2 Å². The van der Waals surface area contributed by atoms with Crippen LogP contribution in [0, 0.1) is 0 Å². The Morgan fingerprint density at radius 2 is 1.91 bits per heavy atom. The van der Waals surface area contributed by atoms with Crippen molar-refractivity contribution in [1.29, 1.82) is 0 Å². The van der Waals surface area contributed by atoms with Crippen molar-refractivity contribution in [3.8, 4) is 5.75 Å². The van der Waals surface area contributed by atoms with E-state index in [1.54, 1.807) is 7.05 Å². The van der Waals surface area contributed by atoms with E-state index in [9.17, 15) is 0 Å². The molecular formula is C18H26IN3O. The van der Waals surface area contributed by atoms with Crippen LogP contribution in [0.2, 0.25) is 0 Å². The molecule has 23 heavy (non-hydrogen) atoms. The summed E-state index contributed by atoms with van der Waals surface area (Å²) >= 11 is 0. The van der Waals surface area contributed by atoms with Crippen LogP contribution in [-0.4, -0.2) is 32.2 Å². The van der Waals surface area contributed by atoms with Crippen LogP contribution in [0.1, 0.15) is 20.3 Å². The van der Waals surface area contributed by atoms with Gasteiger partial charge in [0.05, 0.1) is 6.54 Å². The van der Waals surface area contributed by atoms with Crippen LogP contribution in [-0.2, 0) is 0 Å². The van der Waals surface area contributed by atoms with Gasteiger partial charge in [-0.15, -0.1) is 24.0 Å². The molecule has 0 spiro atoms. The van der Waals surface area contributed by atoms with E-state index >= 15 is 0 Å². The Kier molecular flexibility index (Phi) is 8.76. The maximum Gasteiger partial charge on any atom is 0.191 e. The number of aliphatic imine (C=N–C) groups is 1. The van der Waals surface area contributed by atoms with Crippen molar-refractivity contribution in [1.82, 2.24) is 10.6 Å². The van der Waals surface area contributed by atoms with Crippen molar-refractivity contribution in [3.05, 3.63) is 42.5 Å². The van der Waals surface area contributed by atoms with E-state index in [-0.39, 0.29) is 24.0 Å². The Balaban J connectivity index is 0.00000264. The van der Waals surface area contributed by atoms with Crippen molar-refractivity contribution in [3.63, 3.8) is 0 Å². The number of fused-ring (bicyclic) bond motifs is 1. The Bertz CT molecular complexity index is 625. The molecular weight excluding hydrogens is 401 g/mol. The standard InChI is InChI=1S/C18H25N3O.HI/c1-4-14(2)21-18(19-3)20-12-13-22-17-11-7-9-15-8-5-6-10-16(15)17;/h5-11,14H,4,12-13H2,1-3H3,(H2,19,20,21);1H. The summed E-state index contributed by atoms with van der Waals surface area (Å²) in [6.45, 7) is 5.59. The Morgan fingerprint density at radius 3 is 2.65 bits per heavy atom. The molecule has 2 aromatic rings. The minimum absolute atomic E-state index is 0. The summed E-state index contributed by atoms with van der Waals surface area (Å²) in [5.41, 5.74) is 0. The summed E-state index contributed by atoms with van der Waals surface area (Å²) in [5, 5.41) is 8.94. The predicted molar refractivity (Wildman–Crippen MR) is 109 cm³/mol. The van der Waals surface area contributed by atoms with Gasteiger partial charge in [0.2, 0.25) is 0 Å². The van der Waals surface area contributed by atoms with Crippen molar-refractivity contribution in [2.24, 2.45) is 4.99 Å². The normalized spacial score (nSPS) is 12.4. The second-order valence-corrected chi connectivity index (χ2v) is 5.28. The molecule has 0 fully saturated rings. The third-order valence-electron chi connectivity index (χ3n) is 3.62. The highest BCUT2D eigenvalue weighted by molar-refractivity contribution is 14.0. The first-order chi connectivity index (χ1) is 10.7. The molecule has 0 aliphatic carbocycles. The van der Waals surface area contributed by atoms with E-state index in [1.165, 1.54) is 5.39 Å². The molecule has 0 heterocycles. The molecule has 0 saturated heterocycles. The van der Waals surface area contributed by atoms with Gasteiger partial charge in [-0.1, -0.05) is 43.3 Å². The van der Waals surface area contributed by atoms with Crippen molar-refractivity contribution in [2.45, 2.75) is 26.3 Å². The van der Waals surface area contributed by atoms with Gasteiger partial charge in [-0.2, -0.15) is 0 Å². The van der Waals surface area contributed by atoms with Gasteiger partial charge in [-0.25, -0.2) is 0 Å². The van der Waals surface area contributed by atoms with Crippen LogP contribution >= 0.6 is 24.0 Å². The smallest absolute Gasteiger partial charge is 0.191 e.